The van der Waals surface area contributed by atoms with Crippen molar-refractivity contribution in [2.75, 3.05) is 23.9 Å². The third kappa shape index (κ3) is 3.34. The Morgan fingerprint density at radius 2 is 2.25 bits per heavy atom. The topological polar surface area (TPSA) is 81.1 Å². The summed E-state index contributed by atoms with van der Waals surface area (Å²) in [6, 6.07) is 5.21. The number of thioether (sulfide) groups is 1. The average molecular weight is 239 g/mol. The van der Waals surface area contributed by atoms with Crippen LogP contribution in [-0.4, -0.2) is 24.0 Å². The van der Waals surface area contributed by atoms with Gasteiger partial charge in [-0.15, -0.1) is 0 Å². The lowest BCUT2D eigenvalue weighted by Gasteiger charge is -2.12. The molecule has 0 saturated carbocycles. The van der Waals surface area contributed by atoms with E-state index in [-0.39, 0.29) is 0 Å². The largest absolute Gasteiger partial charge is 0.398 e. The van der Waals surface area contributed by atoms with E-state index in [1.807, 2.05) is 6.07 Å². The number of hydrogen-bond donors (Lipinski definition) is 3. The lowest BCUT2D eigenvalue weighted by molar-refractivity contribution is 0.100. The van der Waals surface area contributed by atoms with Gasteiger partial charge in [0.15, 0.2) is 0 Å². The minimum Gasteiger partial charge on any atom is -0.398 e. The molecule has 0 saturated heterocycles. The summed E-state index contributed by atoms with van der Waals surface area (Å²) < 4.78 is 0. The molecule has 0 heterocycles. The Hall–Kier alpha value is -1.36. The number of carbonyl (C=O) groups is 1. The number of nitrogen functional groups attached to an aromatic ring is 1. The normalized spacial score (nSPS) is 12.1. The van der Waals surface area contributed by atoms with Crippen molar-refractivity contribution >= 4 is 29.0 Å². The number of nitrogens with two attached hydrogens (primary N) is 2. The van der Waals surface area contributed by atoms with Crippen molar-refractivity contribution in [2.24, 2.45) is 5.73 Å². The number of rotatable bonds is 5. The quantitative estimate of drug-likeness (QED) is 0.681. The summed E-state index contributed by atoms with van der Waals surface area (Å²) in [5, 5.41) is 3.74. The molecule has 0 radical (unpaired) electrons. The van der Waals surface area contributed by atoms with Crippen LogP contribution < -0.4 is 16.8 Å². The molecule has 0 spiro atoms. The van der Waals surface area contributed by atoms with Crippen LogP contribution in [0.3, 0.4) is 0 Å². The van der Waals surface area contributed by atoms with Gasteiger partial charge in [-0.1, -0.05) is 6.92 Å². The summed E-state index contributed by atoms with van der Waals surface area (Å²) >= 11 is 1.78. The zero-order valence-electron chi connectivity index (χ0n) is 9.49. The van der Waals surface area contributed by atoms with Gasteiger partial charge in [-0.2, -0.15) is 11.8 Å². The van der Waals surface area contributed by atoms with Gasteiger partial charge < -0.3 is 16.8 Å². The lowest BCUT2D eigenvalue weighted by Crippen LogP contribution is -2.16. The van der Waals surface area contributed by atoms with Crippen LogP contribution in [0.1, 0.15) is 17.3 Å². The first-order valence-corrected chi connectivity index (χ1v) is 6.29. The molecule has 1 aromatic carbocycles. The Balaban J connectivity index is 2.75. The maximum atomic E-state index is 11.1. The monoisotopic (exact) mass is 239 g/mol. The van der Waals surface area contributed by atoms with Crippen molar-refractivity contribution in [3.05, 3.63) is 23.8 Å². The fourth-order valence-electron chi connectivity index (χ4n) is 1.22. The molecule has 16 heavy (non-hydrogen) atoms. The fourth-order valence-corrected chi connectivity index (χ4v) is 1.47. The molecule has 1 unspecified atom stereocenters. The average Bonchev–Trinajstić information content (AvgIpc) is 2.27. The van der Waals surface area contributed by atoms with Crippen molar-refractivity contribution in [3.63, 3.8) is 0 Å². The first kappa shape index (κ1) is 12.7. The predicted molar refractivity (Wildman–Crippen MR) is 70.8 cm³/mol. The van der Waals surface area contributed by atoms with Gasteiger partial charge in [0.2, 0.25) is 0 Å². The zero-order valence-corrected chi connectivity index (χ0v) is 10.3. The molecule has 4 nitrogen and oxygen atoms in total. The zero-order chi connectivity index (χ0) is 12.1. The van der Waals surface area contributed by atoms with Crippen molar-refractivity contribution in [2.45, 2.75) is 12.2 Å². The van der Waals surface area contributed by atoms with Crippen LogP contribution in [0.2, 0.25) is 0 Å². The van der Waals surface area contributed by atoms with Crippen LogP contribution in [0.4, 0.5) is 11.4 Å². The molecule has 0 bridgehead atoms. The summed E-state index contributed by atoms with van der Waals surface area (Å²) in [4.78, 5) is 11.1. The van der Waals surface area contributed by atoms with E-state index in [0.29, 0.717) is 16.5 Å². The van der Waals surface area contributed by atoms with E-state index < -0.39 is 5.91 Å². The number of primary amides is 1. The molecule has 1 atom stereocenters. The minimum atomic E-state index is -0.501. The van der Waals surface area contributed by atoms with E-state index in [0.717, 1.165) is 12.2 Å². The van der Waals surface area contributed by atoms with Crippen LogP contribution in [0.15, 0.2) is 18.2 Å². The Bertz CT molecular complexity index is 381. The van der Waals surface area contributed by atoms with E-state index in [2.05, 4.69) is 18.5 Å². The van der Waals surface area contributed by atoms with Gasteiger partial charge >= 0.3 is 0 Å². The third-order valence-corrected chi connectivity index (χ3v) is 3.29. The Labute approximate surface area is 99.8 Å². The molecule has 5 heteroatoms. The van der Waals surface area contributed by atoms with Crippen molar-refractivity contribution in [3.8, 4) is 0 Å². The minimum absolute atomic E-state index is 0.363. The van der Waals surface area contributed by atoms with E-state index in [1.54, 1.807) is 23.9 Å². The summed E-state index contributed by atoms with van der Waals surface area (Å²) in [5.41, 5.74) is 12.5. The number of benzene rings is 1. The summed E-state index contributed by atoms with van der Waals surface area (Å²) in [6.45, 7) is 2.97. The highest BCUT2D eigenvalue weighted by atomic mass is 32.2. The van der Waals surface area contributed by atoms with Crippen LogP contribution in [0, 0.1) is 0 Å². The van der Waals surface area contributed by atoms with Gasteiger partial charge in [-0.3, -0.25) is 4.79 Å². The van der Waals surface area contributed by atoms with Gasteiger partial charge in [0, 0.05) is 23.2 Å². The molecular weight excluding hydrogens is 222 g/mol. The Morgan fingerprint density at radius 3 is 2.81 bits per heavy atom. The highest BCUT2D eigenvalue weighted by Gasteiger charge is 2.07. The Kier molecular flexibility index (Phi) is 4.49. The fraction of sp³-hybridized carbons (Fsp3) is 0.364. The van der Waals surface area contributed by atoms with Gasteiger partial charge in [0.25, 0.3) is 5.91 Å². The van der Waals surface area contributed by atoms with Crippen molar-refractivity contribution < 1.29 is 4.79 Å². The summed E-state index contributed by atoms with van der Waals surface area (Å²) in [6.07, 6.45) is 2.06. The molecule has 5 N–H and O–H groups in total. The van der Waals surface area contributed by atoms with Crippen LogP contribution in [0.25, 0.3) is 0 Å². The standard InChI is InChI=1S/C11H17N3OS/c1-7(16-2)6-14-8-3-4-10(12)9(5-8)11(13)15/h3-5,7,14H,6,12H2,1-2H3,(H2,13,15). The highest BCUT2D eigenvalue weighted by Crippen LogP contribution is 2.18. The molecule has 0 aliphatic heterocycles. The highest BCUT2D eigenvalue weighted by molar-refractivity contribution is 7.99. The molecule has 0 aliphatic carbocycles. The number of carbonyl (C=O) groups excluding carboxylic acids is 1. The van der Waals surface area contributed by atoms with Gasteiger partial charge in [-0.05, 0) is 24.5 Å². The molecule has 1 rings (SSSR count). The maximum Gasteiger partial charge on any atom is 0.250 e. The number of nitrogens with one attached hydrogen (secondary N) is 1. The lowest BCUT2D eigenvalue weighted by atomic mass is 10.1. The second-order valence-corrected chi connectivity index (χ2v) is 4.87. The number of amides is 1. The molecule has 0 fully saturated rings. The number of hydrogen-bond acceptors (Lipinski definition) is 4. The SMILES string of the molecule is CSC(C)CNc1ccc(N)c(C(N)=O)c1. The van der Waals surface area contributed by atoms with Gasteiger partial charge in [0.1, 0.15) is 0 Å². The molecule has 88 valence electrons. The van der Waals surface area contributed by atoms with Crippen LogP contribution in [0.5, 0.6) is 0 Å². The molecule has 1 amide bonds. The molecule has 0 aromatic heterocycles. The second kappa shape index (κ2) is 5.65. The first-order chi connectivity index (χ1) is 7.54. The van der Waals surface area contributed by atoms with Crippen molar-refractivity contribution in [1.82, 2.24) is 0 Å². The van der Waals surface area contributed by atoms with Gasteiger partial charge in [0.05, 0.1) is 5.56 Å². The van der Waals surface area contributed by atoms with Crippen LogP contribution >= 0.6 is 11.8 Å². The first-order valence-electron chi connectivity index (χ1n) is 5.00. The van der Waals surface area contributed by atoms with E-state index in [1.165, 1.54) is 0 Å². The predicted octanol–water partition coefficient (Wildman–Crippen LogP) is 1.53. The molecular formula is C11H17N3OS. The molecule has 0 aliphatic rings. The van der Waals surface area contributed by atoms with Gasteiger partial charge in [-0.25, -0.2) is 0 Å². The van der Waals surface area contributed by atoms with E-state index in [9.17, 15) is 4.79 Å². The maximum absolute atomic E-state index is 11.1. The summed E-state index contributed by atoms with van der Waals surface area (Å²) in [7, 11) is 0. The molecule has 1 aromatic rings. The Morgan fingerprint density at radius 1 is 1.56 bits per heavy atom. The van der Waals surface area contributed by atoms with E-state index >= 15 is 0 Å². The smallest absolute Gasteiger partial charge is 0.250 e. The van der Waals surface area contributed by atoms with Crippen molar-refractivity contribution in [1.29, 1.82) is 0 Å². The van der Waals surface area contributed by atoms with Crippen LogP contribution in [-0.2, 0) is 0 Å². The number of anilines is 2. The summed E-state index contributed by atoms with van der Waals surface area (Å²) in [5.74, 6) is -0.501. The third-order valence-electron chi connectivity index (χ3n) is 2.31. The second-order valence-electron chi connectivity index (χ2n) is 3.59. The van der Waals surface area contributed by atoms with E-state index in [4.69, 9.17) is 11.5 Å².